The summed E-state index contributed by atoms with van der Waals surface area (Å²) in [5, 5.41) is 3.00. The summed E-state index contributed by atoms with van der Waals surface area (Å²) >= 11 is 0. The van der Waals surface area contributed by atoms with Crippen LogP contribution in [0.2, 0.25) is 0 Å². The van der Waals surface area contributed by atoms with E-state index in [1.165, 1.54) is 12.1 Å². The van der Waals surface area contributed by atoms with Gasteiger partial charge >= 0.3 is 0 Å². The van der Waals surface area contributed by atoms with Gasteiger partial charge in [-0.15, -0.1) is 0 Å². The van der Waals surface area contributed by atoms with Crippen molar-refractivity contribution in [2.45, 2.75) is 6.92 Å². The number of nitrogens with one attached hydrogen (secondary N) is 1. The third-order valence-electron chi connectivity index (χ3n) is 2.10. The highest BCUT2D eigenvalue weighted by Crippen LogP contribution is 2.16. The predicted octanol–water partition coefficient (Wildman–Crippen LogP) is 2.58. The van der Waals surface area contributed by atoms with E-state index in [0.717, 1.165) is 6.07 Å². The van der Waals surface area contributed by atoms with Gasteiger partial charge in [0.05, 0.1) is 5.69 Å². The van der Waals surface area contributed by atoms with E-state index < -0.39 is 11.6 Å². The molecule has 2 aromatic rings. The molecule has 1 heterocycles. The van der Waals surface area contributed by atoms with E-state index in [1.807, 2.05) is 6.92 Å². The largest absolute Gasteiger partial charge is 0.356 e. The molecule has 5 heteroatoms. The minimum Gasteiger partial charge on any atom is -0.356 e. The first-order valence-electron chi connectivity index (χ1n) is 4.94. The van der Waals surface area contributed by atoms with Gasteiger partial charge in [0.15, 0.2) is 0 Å². The molecule has 0 fully saturated rings. The van der Waals surface area contributed by atoms with Crippen LogP contribution in [0.1, 0.15) is 6.92 Å². The molecule has 0 aliphatic carbocycles. The van der Waals surface area contributed by atoms with Crippen molar-refractivity contribution in [3.63, 3.8) is 0 Å². The van der Waals surface area contributed by atoms with Crippen molar-refractivity contribution < 1.29 is 8.78 Å². The number of nitrogens with zero attached hydrogens (tertiary/aromatic N) is 2. The van der Waals surface area contributed by atoms with E-state index in [1.54, 1.807) is 17.0 Å². The topological polar surface area (TPSA) is 29.9 Å². The Morgan fingerprint density at radius 2 is 1.94 bits per heavy atom. The molecular weight excluding hydrogens is 212 g/mol. The highest BCUT2D eigenvalue weighted by atomic mass is 19.1. The van der Waals surface area contributed by atoms with Crippen LogP contribution in [0, 0.1) is 11.6 Å². The first-order valence-corrected chi connectivity index (χ1v) is 4.94. The van der Waals surface area contributed by atoms with E-state index in [9.17, 15) is 8.78 Å². The second-order valence-corrected chi connectivity index (χ2v) is 3.28. The fourth-order valence-electron chi connectivity index (χ4n) is 1.48. The fourth-order valence-corrected chi connectivity index (χ4v) is 1.48. The Morgan fingerprint density at radius 1 is 1.25 bits per heavy atom. The van der Waals surface area contributed by atoms with Crippen molar-refractivity contribution in [1.29, 1.82) is 0 Å². The summed E-state index contributed by atoms with van der Waals surface area (Å²) in [7, 11) is 0. The molecule has 0 radical (unpaired) electrons. The van der Waals surface area contributed by atoms with Crippen LogP contribution in [-0.2, 0) is 0 Å². The zero-order valence-corrected chi connectivity index (χ0v) is 8.74. The standard InChI is InChI=1S/C11H11F2N3/c1-2-14-11-15-3-4-16(11)10-6-8(12)5-9(13)7-10/h3-7H,2H2,1H3,(H,14,15). The lowest BCUT2D eigenvalue weighted by Gasteiger charge is -2.08. The monoisotopic (exact) mass is 223 g/mol. The van der Waals surface area contributed by atoms with Gasteiger partial charge < -0.3 is 5.32 Å². The summed E-state index contributed by atoms with van der Waals surface area (Å²) in [5.41, 5.74) is 0.408. The van der Waals surface area contributed by atoms with Crippen LogP contribution in [-0.4, -0.2) is 16.1 Å². The van der Waals surface area contributed by atoms with E-state index in [4.69, 9.17) is 0 Å². The fraction of sp³-hybridized carbons (Fsp3) is 0.182. The summed E-state index contributed by atoms with van der Waals surface area (Å²) in [6, 6.07) is 3.35. The van der Waals surface area contributed by atoms with Gasteiger partial charge in [-0.1, -0.05) is 0 Å². The van der Waals surface area contributed by atoms with Gasteiger partial charge in [0.2, 0.25) is 5.95 Å². The quantitative estimate of drug-likeness (QED) is 0.866. The van der Waals surface area contributed by atoms with Gasteiger partial charge in [0.25, 0.3) is 0 Å². The maximum atomic E-state index is 13.0. The molecule has 0 bridgehead atoms. The molecule has 2 rings (SSSR count). The van der Waals surface area contributed by atoms with Crippen molar-refractivity contribution in [2.75, 3.05) is 11.9 Å². The molecule has 0 aliphatic rings. The van der Waals surface area contributed by atoms with Crippen molar-refractivity contribution in [3.05, 3.63) is 42.2 Å². The maximum Gasteiger partial charge on any atom is 0.207 e. The van der Waals surface area contributed by atoms with Crippen molar-refractivity contribution in [3.8, 4) is 5.69 Å². The molecule has 0 unspecified atom stereocenters. The third kappa shape index (κ3) is 2.03. The molecule has 0 atom stereocenters. The molecule has 1 aromatic heterocycles. The molecular formula is C11H11F2N3. The van der Waals surface area contributed by atoms with Gasteiger partial charge in [-0.25, -0.2) is 13.8 Å². The summed E-state index contributed by atoms with van der Waals surface area (Å²) in [6.45, 7) is 2.61. The highest BCUT2D eigenvalue weighted by molar-refractivity contribution is 5.42. The summed E-state index contributed by atoms with van der Waals surface area (Å²) in [5.74, 6) is -0.648. The van der Waals surface area contributed by atoms with Gasteiger partial charge in [0.1, 0.15) is 11.6 Å². The Labute approximate surface area is 91.7 Å². The number of rotatable bonds is 3. The summed E-state index contributed by atoms with van der Waals surface area (Å²) in [4.78, 5) is 4.05. The molecule has 16 heavy (non-hydrogen) atoms. The van der Waals surface area contributed by atoms with Crippen molar-refractivity contribution in [2.24, 2.45) is 0 Å². The summed E-state index contributed by atoms with van der Waals surface area (Å²) < 4.78 is 27.7. The Bertz CT molecular complexity index is 473. The average molecular weight is 223 g/mol. The minimum absolute atomic E-state index is 0.408. The third-order valence-corrected chi connectivity index (χ3v) is 2.10. The number of imidazole rings is 1. The van der Waals surface area contributed by atoms with Crippen LogP contribution in [0.4, 0.5) is 14.7 Å². The molecule has 3 nitrogen and oxygen atoms in total. The number of benzene rings is 1. The van der Waals surface area contributed by atoms with E-state index in [0.29, 0.717) is 18.2 Å². The van der Waals surface area contributed by atoms with Crippen LogP contribution in [0.15, 0.2) is 30.6 Å². The number of halogens is 2. The molecule has 0 saturated carbocycles. The lowest BCUT2D eigenvalue weighted by atomic mass is 10.3. The van der Waals surface area contributed by atoms with Gasteiger partial charge in [-0.2, -0.15) is 0 Å². The smallest absolute Gasteiger partial charge is 0.207 e. The first kappa shape index (κ1) is 10.6. The van der Waals surface area contributed by atoms with Crippen LogP contribution in [0.5, 0.6) is 0 Å². The van der Waals surface area contributed by atoms with Crippen LogP contribution in [0.3, 0.4) is 0 Å². The normalized spacial score (nSPS) is 10.4. The Kier molecular flexibility index (Phi) is 2.85. The molecule has 0 saturated heterocycles. The van der Waals surface area contributed by atoms with Gasteiger partial charge in [0, 0.05) is 25.0 Å². The molecule has 84 valence electrons. The Hall–Kier alpha value is -1.91. The molecule has 0 amide bonds. The van der Waals surface area contributed by atoms with E-state index in [-0.39, 0.29) is 0 Å². The van der Waals surface area contributed by atoms with Crippen LogP contribution in [0.25, 0.3) is 5.69 Å². The van der Waals surface area contributed by atoms with E-state index in [2.05, 4.69) is 10.3 Å². The van der Waals surface area contributed by atoms with Crippen molar-refractivity contribution >= 4 is 5.95 Å². The molecule has 1 N–H and O–H groups in total. The molecule has 0 spiro atoms. The predicted molar refractivity (Wildman–Crippen MR) is 57.6 cm³/mol. The number of anilines is 1. The second-order valence-electron chi connectivity index (χ2n) is 3.28. The first-order chi connectivity index (χ1) is 7.70. The Balaban J connectivity index is 2.45. The molecule has 0 aliphatic heterocycles. The maximum absolute atomic E-state index is 13.0. The van der Waals surface area contributed by atoms with Crippen LogP contribution >= 0.6 is 0 Å². The SMILES string of the molecule is CCNc1nccn1-c1cc(F)cc(F)c1. The zero-order valence-electron chi connectivity index (χ0n) is 8.74. The van der Waals surface area contributed by atoms with Crippen molar-refractivity contribution in [1.82, 2.24) is 9.55 Å². The van der Waals surface area contributed by atoms with Gasteiger partial charge in [-0.05, 0) is 19.1 Å². The minimum atomic E-state index is -0.605. The summed E-state index contributed by atoms with van der Waals surface area (Å²) in [6.07, 6.45) is 3.22. The molecule has 1 aromatic carbocycles. The number of hydrogen-bond donors (Lipinski definition) is 1. The zero-order chi connectivity index (χ0) is 11.5. The Morgan fingerprint density at radius 3 is 2.56 bits per heavy atom. The van der Waals surface area contributed by atoms with Crippen LogP contribution < -0.4 is 5.32 Å². The lowest BCUT2D eigenvalue weighted by Crippen LogP contribution is -2.05. The second kappa shape index (κ2) is 4.30. The number of hydrogen-bond acceptors (Lipinski definition) is 2. The lowest BCUT2D eigenvalue weighted by molar-refractivity contribution is 0.581. The average Bonchev–Trinajstić information content (AvgIpc) is 2.65. The highest BCUT2D eigenvalue weighted by Gasteiger charge is 2.06. The number of aromatic nitrogens is 2. The van der Waals surface area contributed by atoms with E-state index >= 15 is 0 Å². The van der Waals surface area contributed by atoms with Gasteiger partial charge in [-0.3, -0.25) is 4.57 Å².